The van der Waals surface area contributed by atoms with Crippen LogP contribution < -0.4 is 0 Å². The number of rotatable bonds is 2. The minimum absolute atomic E-state index is 0.00246. The number of halogens is 2. The zero-order chi connectivity index (χ0) is 9.97. The molecule has 14 heavy (non-hydrogen) atoms. The second kappa shape index (κ2) is 4.49. The van der Waals surface area contributed by atoms with Gasteiger partial charge in [-0.2, -0.15) is 0 Å². The SMILES string of the molecule is ClC[C@@H]1CO[C@H](c2ccc(Cl)cc2)O1. The second-order valence-corrected chi connectivity index (χ2v) is 3.87. The van der Waals surface area contributed by atoms with Gasteiger partial charge in [0.1, 0.15) is 0 Å². The molecule has 1 saturated heterocycles. The maximum atomic E-state index is 5.77. The first kappa shape index (κ1) is 10.2. The molecule has 1 aliphatic rings. The highest BCUT2D eigenvalue weighted by molar-refractivity contribution is 6.30. The van der Waals surface area contributed by atoms with E-state index >= 15 is 0 Å². The van der Waals surface area contributed by atoms with E-state index in [0.717, 1.165) is 5.56 Å². The lowest BCUT2D eigenvalue weighted by molar-refractivity contribution is -0.0567. The molecule has 1 heterocycles. The fourth-order valence-corrected chi connectivity index (χ4v) is 1.61. The quantitative estimate of drug-likeness (QED) is 0.731. The third kappa shape index (κ3) is 2.20. The Bertz CT molecular complexity index is 299. The number of hydrogen-bond donors (Lipinski definition) is 0. The molecule has 0 spiro atoms. The van der Waals surface area contributed by atoms with Crippen molar-refractivity contribution in [2.75, 3.05) is 12.5 Å². The van der Waals surface area contributed by atoms with E-state index in [0.29, 0.717) is 17.5 Å². The van der Waals surface area contributed by atoms with Crippen LogP contribution in [0.25, 0.3) is 0 Å². The van der Waals surface area contributed by atoms with Gasteiger partial charge in [-0.15, -0.1) is 11.6 Å². The van der Waals surface area contributed by atoms with Gasteiger partial charge >= 0.3 is 0 Å². The van der Waals surface area contributed by atoms with Gasteiger partial charge in [-0.3, -0.25) is 0 Å². The van der Waals surface area contributed by atoms with E-state index in [9.17, 15) is 0 Å². The molecule has 76 valence electrons. The maximum Gasteiger partial charge on any atom is 0.184 e. The van der Waals surface area contributed by atoms with Gasteiger partial charge in [0.05, 0.1) is 18.6 Å². The van der Waals surface area contributed by atoms with Gasteiger partial charge < -0.3 is 9.47 Å². The van der Waals surface area contributed by atoms with Crippen LogP contribution in [0.1, 0.15) is 11.9 Å². The largest absolute Gasteiger partial charge is 0.346 e. The Morgan fingerprint density at radius 2 is 2.00 bits per heavy atom. The van der Waals surface area contributed by atoms with E-state index in [1.807, 2.05) is 24.3 Å². The summed E-state index contributed by atoms with van der Waals surface area (Å²) in [7, 11) is 0. The highest BCUT2D eigenvalue weighted by Crippen LogP contribution is 2.27. The lowest BCUT2D eigenvalue weighted by Gasteiger charge is -2.10. The van der Waals surface area contributed by atoms with Gasteiger partial charge in [-0.05, 0) is 12.1 Å². The van der Waals surface area contributed by atoms with Crippen molar-refractivity contribution in [1.29, 1.82) is 0 Å². The van der Waals surface area contributed by atoms with Crippen LogP contribution in [-0.2, 0) is 9.47 Å². The summed E-state index contributed by atoms with van der Waals surface area (Å²) in [4.78, 5) is 0. The van der Waals surface area contributed by atoms with E-state index in [1.54, 1.807) is 0 Å². The molecule has 0 unspecified atom stereocenters. The average Bonchev–Trinajstić information content (AvgIpc) is 2.67. The van der Waals surface area contributed by atoms with Crippen LogP contribution in [0.3, 0.4) is 0 Å². The summed E-state index contributed by atoms with van der Waals surface area (Å²) in [6.07, 6.45) is -0.298. The number of benzene rings is 1. The predicted octanol–water partition coefficient (Wildman–Crippen LogP) is 2.99. The van der Waals surface area contributed by atoms with E-state index in [1.165, 1.54) is 0 Å². The third-order valence-corrected chi connectivity index (χ3v) is 2.66. The average molecular weight is 233 g/mol. The molecule has 1 aliphatic heterocycles. The first-order valence-corrected chi connectivity index (χ1v) is 5.29. The standard InChI is InChI=1S/C10H10Cl2O2/c11-5-9-6-13-10(14-9)7-1-3-8(12)4-2-7/h1-4,9-10H,5-6H2/t9-,10+/m1/s1. The van der Waals surface area contributed by atoms with Gasteiger partial charge in [0.2, 0.25) is 0 Å². The molecule has 2 rings (SSSR count). The van der Waals surface area contributed by atoms with Crippen molar-refractivity contribution in [2.45, 2.75) is 12.4 Å². The number of ether oxygens (including phenoxy) is 2. The molecule has 0 aromatic heterocycles. The molecular formula is C10H10Cl2O2. The highest BCUT2D eigenvalue weighted by atomic mass is 35.5. The van der Waals surface area contributed by atoms with Crippen LogP contribution in [0.2, 0.25) is 5.02 Å². The molecule has 0 radical (unpaired) electrons. The second-order valence-electron chi connectivity index (χ2n) is 3.13. The molecule has 0 saturated carbocycles. The van der Waals surface area contributed by atoms with Crippen LogP contribution in [0.5, 0.6) is 0 Å². The molecule has 1 fully saturated rings. The summed E-state index contributed by atoms with van der Waals surface area (Å²) >= 11 is 11.4. The van der Waals surface area contributed by atoms with Gasteiger partial charge in [0.25, 0.3) is 0 Å². The number of alkyl halides is 1. The third-order valence-electron chi connectivity index (χ3n) is 2.06. The fourth-order valence-electron chi connectivity index (χ4n) is 1.32. The summed E-state index contributed by atoms with van der Waals surface area (Å²) in [5, 5.41) is 0.709. The van der Waals surface area contributed by atoms with Gasteiger partial charge in [0, 0.05) is 10.6 Å². The summed E-state index contributed by atoms with van der Waals surface area (Å²) in [5.74, 6) is 0.462. The van der Waals surface area contributed by atoms with E-state index in [4.69, 9.17) is 32.7 Å². The zero-order valence-electron chi connectivity index (χ0n) is 7.45. The van der Waals surface area contributed by atoms with Crippen LogP contribution in [0, 0.1) is 0 Å². The first-order chi connectivity index (χ1) is 6.79. The van der Waals surface area contributed by atoms with Crippen molar-refractivity contribution < 1.29 is 9.47 Å². The van der Waals surface area contributed by atoms with E-state index in [-0.39, 0.29) is 12.4 Å². The molecule has 0 aliphatic carbocycles. The molecule has 4 heteroatoms. The van der Waals surface area contributed by atoms with Crippen LogP contribution in [0.4, 0.5) is 0 Å². The van der Waals surface area contributed by atoms with Crippen molar-refractivity contribution in [3.8, 4) is 0 Å². The minimum Gasteiger partial charge on any atom is -0.346 e. The van der Waals surface area contributed by atoms with Gasteiger partial charge in [-0.1, -0.05) is 23.7 Å². The van der Waals surface area contributed by atoms with Gasteiger partial charge in [0.15, 0.2) is 6.29 Å². The lowest BCUT2D eigenvalue weighted by atomic mass is 10.2. The highest BCUT2D eigenvalue weighted by Gasteiger charge is 2.26. The molecule has 0 amide bonds. The summed E-state index contributed by atoms with van der Waals surface area (Å²) < 4.78 is 11.0. The van der Waals surface area contributed by atoms with E-state index < -0.39 is 0 Å². The summed E-state index contributed by atoms with van der Waals surface area (Å²) in [5.41, 5.74) is 0.974. The molecule has 2 atom stereocenters. The monoisotopic (exact) mass is 232 g/mol. The Labute approximate surface area is 92.7 Å². The normalized spacial score (nSPS) is 26.7. The topological polar surface area (TPSA) is 18.5 Å². The van der Waals surface area contributed by atoms with Crippen molar-refractivity contribution >= 4 is 23.2 Å². The van der Waals surface area contributed by atoms with Gasteiger partial charge in [-0.25, -0.2) is 0 Å². The van der Waals surface area contributed by atoms with Crippen LogP contribution >= 0.6 is 23.2 Å². The van der Waals surface area contributed by atoms with Crippen LogP contribution in [-0.4, -0.2) is 18.6 Å². The van der Waals surface area contributed by atoms with Crippen molar-refractivity contribution in [3.63, 3.8) is 0 Å². The zero-order valence-corrected chi connectivity index (χ0v) is 8.96. The molecule has 0 bridgehead atoms. The molecule has 1 aromatic carbocycles. The molecule has 0 N–H and O–H groups in total. The fraction of sp³-hybridized carbons (Fsp3) is 0.400. The Hall–Kier alpha value is -0.280. The molecular weight excluding hydrogens is 223 g/mol. The maximum absolute atomic E-state index is 5.77. The molecule has 1 aromatic rings. The Morgan fingerprint density at radius 1 is 1.29 bits per heavy atom. The Morgan fingerprint density at radius 3 is 2.57 bits per heavy atom. The molecule has 2 nitrogen and oxygen atoms in total. The summed E-state index contributed by atoms with van der Waals surface area (Å²) in [6.45, 7) is 0.552. The Kier molecular flexibility index (Phi) is 3.29. The van der Waals surface area contributed by atoms with Crippen molar-refractivity contribution in [1.82, 2.24) is 0 Å². The van der Waals surface area contributed by atoms with Crippen LogP contribution in [0.15, 0.2) is 24.3 Å². The van der Waals surface area contributed by atoms with Crippen molar-refractivity contribution in [3.05, 3.63) is 34.9 Å². The van der Waals surface area contributed by atoms with E-state index in [2.05, 4.69) is 0 Å². The smallest absolute Gasteiger partial charge is 0.184 e. The van der Waals surface area contributed by atoms with Crippen molar-refractivity contribution in [2.24, 2.45) is 0 Å². The Balaban J connectivity index is 2.06. The minimum atomic E-state index is -0.295. The lowest BCUT2D eigenvalue weighted by Crippen LogP contribution is -2.10. The number of hydrogen-bond acceptors (Lipinski definition) is 2. The predicted molar refractivity (Wildman–Crippen MR) is 55.7 cm³/mol. The first-order valence-electron chi connectivity index (χ1n) is 4.38. The summed E-state index contributed by atoms with van der Waals surface area (Å²) in [6, 6.07) is 7.42.